The zero-order valence-corrected chi connectivity index (χ0v) is 29.3. The lowest BCUT2D eigenvalue weighted by molar-refractivity contribution is -0.113. The molecule has 8 bridgehead atoms. The van der Waals surface area contributed by atoms with Crippen molar-refractivity contribution in [2.24, 2.45) is 0 Å². The second kappa shape index (κ2) is 16.7. The SMILES string of the molecule is CC(=O)/C=C(/C)NCCOc1c2cccc1Cc1cccc(c1O)Cc1cccc(c1OCCN/C(C)=C\C(C)=O)Cc1cccc(c1O)C2. The van der Waals surface area contributed by atoms with Crippen LogP contribution in [0.25, 0.3) is 0 Å². The van der Waals surface area contributed by atoms with Crippen molar-refractivity contribution in [3.63, 3.8) is 0 Å². The maximum absolute atomic E-state index is 11.6. The van der Waals surface area contributed by atoms with Gasteiger partial charge in [0.15, 0.2) is 11.6 Å². The Kier molecular flexibility index (Phi) is 12.0. The summed E-state index contributed by atoms with van der Waals surface area (Å²) in [5.41, 5.74) is 8.31. The lowest BCUT2D eigenvalue weighted by atomic mass is 9.91. The van der Waals surface area contributed by atoms with Crippen molar-refractivity contribution in [1.82, 2.24) is 10.6 Å². The van der Waals surface area contributed by atoms with E-state index in [1.54, 1.807) is 12.2 Å². The molecule has 0 atom stereocenters. The molecule has 0 aliphatic heterocycles. The largest absolute Gasteiger partial charge is 0.507 e. The minimum Gasteiger partial charge on any atom is -0.507 e. The summed E-state index contributed by atoms with van der Waals surface area (Å²) in [6, 6.07) is 23.7. The van der Waals surface area contributed by atoms with Gasteiger partial charge in [-0.25, -0.2) is 0 Å². The lowest BCUT2D eigenvalue weighted by Gasteiger charge is -2.21. The highest BCUT2D eigenvalue weighted by atomic mass is 16.5. The number of carbonyl (C=O) groups excluding carboxylic acids is 2. The highest BCUT2D eigenvalue weighted by Crippen LogP contribution is 2.38. The van der Waals surface area contributed by atoms with Crippen LogP contribution < -0.4 is 20.1 Å². The number of hydrogen-bond donors (Lipinski definition) is 4. The number of rotatable bonds is 12. The number of aromatic hydroxyl groups is 2. The summed E-state index contributed by atoms with van der Waals surface area (Å²) in [5.74, 6) is 1.85. The van der Waals surface area contributed by atoms with Gasteiger partial charge in [-0.05, 0) is 84.4 Å². The van der Waals surface area contributed by atoms with Crippen LogP contribution in [0.2, 0.25) is 0 Å². The van der Waals surface area contributed by atoms with Gasteiger partial charge in [-0.15, -0.1) is 0 Å². The number of nitrogens with one attached hydrogen (secondary N) is 2. The number of para-hydroxylation sites is 4. The van der Waals surface area contributed by atoms with Crippen LogP contribution in [-0.2, 0) is 35.3 Å². The molecular weight excluding hydrogens is 628 g/mol. The van der Waals surface area contributed by atoms with Gasteiger partial charge in [0.2, 0.25) is 0 Å². The molecule has 1 aliphatic rings. The van der Waals surface area contributed by atoms with Gasteiger partial charge < -0.3 is 30.3 Å². The molecule has 0 unspecified atom stereocenters. The van der Waals surface area contributed by atoms with E-state index in [0.29, 0.717) is 63.5 Å². The quantitative estimate of drug-likeness (QED) is 0.0854. The zero-order valence-electron chi connectivity index (χ0n) is 29.3. The third-order valence-corrected chi connectivity index (χ3v) is 8.63. The average molecular weight is 675 g/mol. The summed E-state index contributed by atoms with van der Waals surface area (Å²) in [4.78, 5) is 22.9. The van der Waals surface area contributed by atoms with Crippen LogP contribution in [0.4, 0.5) is 0 Å². The summed E-state index contributed by atoms with van der Waals surface area (Å²) >= 11 is 0. The summed E-state index contributed by atoms with van der Waals surface area (Å²) in [5, 5.41) is 29.7. The average Bonchev–Trinajstić information content (AvgIpc) is 3.05. The molecule has 1 aliphatic carbocycles. The Morgan fingerprint density at radius 1 is 0.540 bits per heavy atom. The second-order valence-electron chi connectivity index (χ2n) is 12.8. The molecule has 5 rings (SSSR count). The molecule has 4 aromatic rings. The van der Waals surface area contributed by atoms with Gasteiger partial charge in [-0.3, -0.25) is 9.59 Å². The van der Waals surface area contributed by atoms with E-state index in [1.807, 2.05) is 86.6 Å². The summed E-state index contributed by atoms with van der Waals surface area (Å²) < 4.78 is 12.9. The Morgan fingerprint density at radius 3 is 1.10 bits per heavy atom. The van der Waals surface area contributed by atoms with Crippen LogP contribution in [0.1, 0.15) is 72.2 Å². The number of fused-ring (bicyclic) bond motifs is 8. The highest BCUT2D eigenvalue weighted by Gasteiger charge is 2.20. The van der Waals surface area contributed by atoms with Crippen LogP contribution in [-0.4, -0.2) is 48.1 Å². The van der Waals surface area contributed by atoms with E-state index in [0.717, 1.165) is 55.9 Å². The number of carbonyl (C=O) groups is 2. The van der Waals surface area contributed by atoms with Gasteiger partial charge in [-0.2, -0.15) is 0 Å². The predicted octanol–water partition coefficient (Wildman–Crippen LogP) is 6.70. The minimum atomic E-state index is -0.0224. The fourth-order valence-corrected chi connectivity index (χ4v) is 6.40. The van der Waals surface area contributed by atoms with Crippen molar-refractivity contribution < 1.29 is 29.3 Å². The van der Waals surface area contributed by atoms with Gasteiger partial charge in [0.05, 0.1) is 0 Å². The van der Waals surface area contributed by atoms with E-state index >= 15 is 0 Å². The Labute approximate surface area is 294 Å². The molecular formula is C42H46N2O6. The van der Waals surface area contributed by atoms with Crippen molar-refractivity contribution >= 4 is 11.6 Å². The summed E-state index contributed by atoms with van der Waals surface area (Å²) in [6.07, 6.45) is 4.86. The Morgan fingerprint density at radius 2 is 0.820 bits per heavy atom. The van der Waals surface area contributed by atoms with Gasteiger partial charge in [0.1, 0.15) is 36.2 Å². The van der Waals surface area contributed by atoms with Gasteiger partial charge in [0.25, 0.3) is 0 Å². The zero-order chi connectivity index (χ0) is 35.6. The van der Waals surface area contributed by atoms with Crippen LogP contribution in [0.5, 0.6) is 23.0 Å². The molecule has 0 saturated heterocycles. The molecule has 8 nitrogen and oxygen atoms in total. The van der Waals surface area contributed by atoms with Crippen molar-refractivity contribution in [1.29, 1.82) is 0 Å². The lowest BCUT2D eigenvalue weighted by Crippen LogP contribution is -2.20. The van der Waals surface area contributed by atoms with E-state index in [2.05, 4.69) is 10.6 Å². The molecule has 0 saturated carbocycles. The molecule has 4 aromatic carbocycles. The Bertz CT molecular complexity index is 1700. The number of ketones is 2. The van der Waals surface area contributed by atoms with Gasteiger partial charge >= 0.3 is 0 Å². The van der Waals surface area contributed by atoms with Crippen LogP contribution >= 0.6 is 0 Å². The number of hydrogen-bond acceptors (Lipinski definition) is 8. The second-order valence-corrected chi connectivity index (χ2v) is 12.8. The highest BCUT2D eigenvalue weighted by molar-refractivity contribution is 5.88. The standard InChI is InChI=1S/C42H46N2O6/c1-27(21-29(3)45)43-17-19-49-41-35-13-7-14-36(41)24-32-10-6-12-34(40(32)48)26-38-16-8-15-37(25-33-11-5-9-31(23-35)39(33)47)42(38)50-20-18-44-28(2)22-30(4)46/h5-16,21-22,43-44,47-48H,17-20,23-26H2,1-4H3/b27-21-,28-22-. The Balaban J connectivity index is 1.52. The number of phenolic OH excluding ortho intramolecular Hbond substituents is 2. The van der Waals surface area contributed by atoms with E-state index in [4.69, 9.17) is 9.47 Å². The van der Waals surface area contributed by atoms with Crippen molar-refractivity contribution in [2.45, 2.75) is 53.4 Å². The number of benzene rings is 4. The molecule has 0 heterocycles. The minimum absolute atomic E-state index is 0.0224. The van der Waals surface area contributed by atoms with Crippen LogP contribution in [0.3, 0.4) is 0 Å². The number of ether oxygens (including phenoxy) is 2. The monoisotopic (exact) mass is 674 g/mol. The molecule has 0 amide bonds. The molecule has 8 heteroatoms. The van der Waals surface area contributed by atoms with E-state index in [1.165, 1.54) is 13.8 Å². The van der Waals surface area contributed by atoms with Crippen molar-refractivity contribution in [2.75, 3.05) is 26.3 Å². The molecule has 0 aromatic heterocycles. The smallest absolute Gasteiger partial charge is 0.154 e. The topological polar surface area (TPSA) is 117 Å². The molecule has 260 valence electrons. The first kappa shape index (κ1) is 35.8. The third kappa shape index (κ3) is 9.35. The predicted molar refractivity (Wildman–Crippen MR) is 196 cm³/mol. The molecule has 0 fully saturated rings. The molecule has 0 spiro atoms. The Hall–Kier alpha value is -5.50. The van der Waals surface area contributed by atoms with Gasteiger partial charge in [0, 0.05) is 50.2 Å². The maximum Gasteiger partial charge on any atom is 0.154 e. The normalized spacial score (nSPS) is 13.0. The van der Waals surface area contributed by atoms with Gasteiger partial charge in [-0.1, -0.05) is 72.8 Å². The maximum atomic E-state index is 11.6. The summed E-state index contributed by atoms with van der Waals surface area (Å²) in [6.45, 7) is 8.43. The number of allylic oxidation sites excluding steroid dienone is 4. The van der Waals surface area contributed by atoms with Crippen LogP contribution in [0, 0.1) is 0 Å². The van der Waals surface area contributed by atoms with Crippen molar-refractivity contribution in [3.05, 3.63) is 141 Å². The molecule has 4 N–H and O–H groups in total. The summed E-state index contributed by atoms with van der Waals surface area (Å²) in [7, 11) is 0. The first-order chi connectivity index (χ1) is 24.1. The fourth-order valence-electron chi connectivity index (χ4n) is 6.40. The first-order valence-electron chi connectivity index (χ1n) is 17.0. The fraction of sp³-hybridized carbons (Fsp3) is 0.286. The number of phenols is 2. The first-order valence-corrected chi connectivity index (χ1v) is 17.0. The van der Waals surface area contributed by atoms with E-state index in [-0.39, 0.29) is 23.1 Å². The van der Waals surface area contributed by atoms with E-state index < -0.39 is 0 Å². The van der Waals surface area contributed by atoms with Crippen LogP contribution in [0.15, 0.2) is 96.3 Å². The third-order valence-electron chi connectivity index (χ3n) is 8.63. The van der Waals surface area contributed by atoms with Crippen molar-refractivity contribution in [3.8, 4) is 23.0 Å². The molecule has 50 heavy (non-hydrogen) atoms. The molecule has 0 radical (unpaired) electrons. The van der Waals surface area contributed by atoms with E-state index in [9.17, 15) is 19.8 Å².